The fourth-order valence-corrected chi connectivity index (χ4v) is 0.893. The van der Waals surface area contributed by atoms with E-state index in [4.69, 9.17) is 16.9 Å². The molecule has 0 spiro atoms. The van der Waals surface area contributed by atoms with Crippen LogP contribution in [-0.4, -0.2) is 4.98 Å². The SMILES string of the molecule is N#CCc1cc(=O)[nH]cc1Cl. The predicted octanol–water partition coefficient (Wildman–Crippen LogP) is 1.09. The smallest absolute Gasteiger partial charge is 0.248 e. The van der Waals surface area contributed by atoms with E-state index in [0.29, 0.717) is 10.6 Å². The minimum atomic E-state index is -0.236. The van der Waals surface area contributed by atoms with Gasteiger partial charge in [0.05, 0.1) is 17.5 Å². The summed E-state index contributed by atoms with van der Waals surface area (Å²) in [4.78, 5) is 13.1. The van der Waals surface area contributed by atoms with Gasteiger partial charge in [-0.05, 0) is 5.56 Å². The molecule has 0 aliphatic rings. The van der Waals surface area contributed by atoms with E-state index in [1.54, 1.807) is 0 Å². The van der Waals surface area contributed by atoms with E-state index in [1.165, 1.54) is 12.3 Å². The summed E-state index contributed by atoms with van der Waals surface area (Å²) in [5.74, 6) is 0. The molecule has 0 unspecified atom stereocenters. The number of hydrogen-bond acceptors (Lipinski definition) is 2. The number of nitrogens with one attached hydrogen (secondary N) is 1. The van der Waals surface area contributed by atoms with E-state index in [9.17, 15) is 4.79 Å². The van der Waals surface area contributed by atoms with Gasteiger partial charge in [-0.25, -0.2) is 0 Å². The maximum atomic E-state index is 10.7. The van der Waals surface area contributed by atoms with Crippen molar-refractivity contribution in [1.82, 2.24) is 4.98 Å². The number of nitrogens with zero attached hydrogens (tertiary/aromatic N) is 1. The highest BCUT2D eigenvalue weighted by atomic mass is 35.5. The first kappa shape index (κ1) is 7.83. The van der Waals surface area contributed by atoms with Gasteiger partial charge >= 0.3 is 0 Å². The van der Waals surface area contributed by atoms with E-state index in [1.807, 2.05) is 6.07 Å². The quantitative estimate of drug-likeness (QED) is 0.683. The molecule has 1 aromatic heterocycles. The molecule has 1 rings (SSSR count). The van der Waals surface area contributed by atoms with Crippen molar-refractivity contribution in [2.75, 3.05) is 0 Å². The first-order chi connectivity index (χ1) is 5.24. The average Bonchev–Trinajstić information content (AvgIpc) is 1.98. The number of aromatic amines is 1. The summed E-state index contributed by atoms with van der Waals surface area (Å²) in [6.45, 7) is 0. The van der Waals surface area contributed by atoms with Crippen molar-refractivity contribution in [3.05, 3.63) is 33.2 Å². The van der Waals surface area contributed by atoms with Crippen molar-refractivity contribution >= 4 is 11.6 Å². The van der Waals surface area contributed by atoms with Crippen LogP contribution in [0.3, 0.4) is 0 Å². The summed E-state index contributed by atoms with van der Waals surface area (Å²) >= 11 is 5.65. The van der Waals surface area contributed by atoms with E-state index in [0.717, 1.165) is 0 Å². The Morgan fingerprint density at radius 3 is 3.09 bits per heavy atom. The van der Waals surface area contributed by atoms with Crippen LogP contribution in [0.4, 0.5) is 0 Å². The van der Waals surface area contributed by atoms with Crippen LogP contribution in [0.1, 0.15) is 5.56 Å². The van der Waals surface area contributed by atoms with Gasteiger partial charge in [0.25, 0.3) is 0 Å². The number of nitriles is 1. The molecule has 1 heterocycles. The van der Waals surface area contributed by atoms with Gasteiger partial charge < -0.3 is 4.98 Å². The number of pyridine rings is 1. The molecule has 3 nitrogen and oxygen atoms in total. The van der Waals surface area contributed by atoms with Crippen molar-refractivity contribution in [1.29, 1.82) is 5.26 Å². The molecule has 0 radical (unpaired) electrons. The summed E-state index contributed by atoms with van der Waals surface area (Å²) in [6, 6.07) is 3.24. The molecular formula is C7H5ClN2O. The molecule has 0 bridgehead atoms. The molecular weight excluding hydrogens is 164 g/mol. The van der Waals surface area contributed by atoms with Crippen LogP contribution < -0.4 is 5.56 Å². The lowest BCUT2D eigenvalue weighted by atomic mass is 10.2. The minimum absolute atomic E-state index is 0.169. The third kappa shape index (κ3) is 1.82. The fourth-order valence-electron chi connectivity index (χ4n) is 0.717. The van der Waals surface area contributed by atoms with Crippen LogP contribution >= 0.6 is 11.6 Å². The summed E-state index contributed by atoms with van der Waals surface area (Å²) in [5.41, 5.74) is 0.331. The van der Waals surface area contributed by atoms with Crippen molar-refractivity contribution < 1.29 is 0 Å². The summed E-state index contributed by atoms with van der Waals surface area (Å²) < 4.78 is 0. The van der Waals surface area contributed by atoms with Crippen molar-refractivity contribution in [3.8, 4) is 6.07 Å². The molecule has 0 fully saturated rings. The first-order valence-corrected chi connectivity index (χ1v) is 3.36. The van der Waals surface area contributed by atoms with Gasteiger partial charge in [0.2, 0.25) is 5.56 Å². The van der Waals surface area contributed by atoms with Gasteiger partial charge in [0.1, 0.15) is 0 Å². The van der Waals surface area contributed by atoms with Gasteiger partial charge in [0.15, 0.2) is 0 Å². The zero-order valence-corrected chi connectivity index (χ0v) is 6.35. The zero-order chi connectivity index (χ0) is 8.27. The van der Waals surface area contributed by atoms with E-state index >= 15 is 0 Å². The lowest BCUT2D eigenvalue weighted by Gasteiger charge is -1.94. The van der Waals surface area contributed by atoms with Crippen LogP contribution in [-0.2, 0) is 6.42 Å². The first-order valence-electron chi connectivity index (χ1n) is 2.98. The molecule has 0 aliphatic heterocycles. The molecule has 0 saturated carbocycles. The zero-order valence-electron chi connectivity index (χ0n) is 5.60. The molecule has 4 heteroatoms. The molecule has 0 aliphatic carbocycles. The Balaban J connectivity index is 3.15. The monoisotopic (exact) mass is 168 g/mol. The highest BCUT2D eigenvalue weighted by Gasteiger charge is 1.98. The molecule has 0 saturated heterocycles. The number of H-pyrrole nitrogens is 1. The maximum absolute atomic E-state index is 10.7. The van der Waals surface area contributed by atoms with Gasteiger partial charge in [-0.2, -0.15) is 5.26 Å². The average molecular weight is 169 g/mol. The van der Waals surface area contributed by atoms with Crippen molar-refractivity contribution in [3.63, 3.8) is 0 Å². The standard InChI is InChI=1S/C7H5ClN2O/c8-6-4-10-7(11)3-5(6)1-2-9/h3-4H,1H2,(H,10,11). The Hall–Kier alpha value is -1.27. The number of rotatable bonds is 1. The van der Waals surface area contributed by atoms with Gasteiger partial charge in [-0.3, -0.25) is 4.79 Å². The van der Waals surface area contributed by atoms with Crippen molar-refractivity contribution in [2.45, 2.75) is 6.42 Å². The van der Waals surface area contributed by atoms with E-state index in [-0.39, 0.29) is 12.0 Å². The second-order valence-corrected chi connectivity index (χ2v) is 2.41. The maximum Gasteiger partial charge on any atom is 0.248 e. The number of halogens is 1. The summed E-state index contributed by atoms with van der Waals surface area (Å²) in [6.07, 6.45) is 1.55. The predicted molar refractivity (Wildman–Crippen MR) is 41.4 cm³/mol. The molecule has 1 aromatic rings. The number of hydrogen-bond donors (Lipinski definition) is 1. The van der Waals surface area contributed by atoms with E-state index < -0.39 is 0 Å². The van der Waals surface area contributed by atoms with Gasteiger partial charge in [-0.15, -0.1) is 0 Å². The Labute approximate surface area is 68.2 Å². The minimum Gasteiger partial charge on any atom is -0.328 e. The highest BCUT2D eigenvalue weighted by molar-refractivity contribution is 6.31. The van der Waals surface area contributed by atoms with Crippen LogP contribution in [0.2, 0.25) is 5.02 Å². The molecule has 56 valence electrons. The molecule has 11 heavy (non-hydrogen) atoms. The Morgan fingerprint density at radius 1 is 1.73 bits per heavy atom. The Bertz CT molecular complexity index is 350. The molecule has 0 aromatic carbocycles. The van der Waals surface area contributed by atoms with Crippen LogP contribution in [0.5, 0.6) is 0 Å². The lowest BCUT2D eigenvalue weighted by Crippen LogP contribution is -2.04. The van der Waals surface area contributed by atoms with Crippen LogP contribution in [0, 0.1) is 11.3 Å². The topological polar surface area (TPSA) is 56.6 Å². The third-order valence-corrected chi connectivity index (χ3v) is 1.57. The molecule has 1 N–H and O–H groups in total. The van der Waals surface area contributed by atoms with Crippen molar-refractivity contribution in [2.24, 2.45) is 0 Å². The Morgan fingerprint density at radius 2 is 2.45 bits per heavy atom. The normalized spacial score (nSPS) is 9.09. The lowest BCUT2D eigenvalue weighted by molar-refractivity contribution is 1.17. The Kier molecular flexibility index (Phi) is 2.29. The van der Waals surface area contributed by atoms with Gasteiger partial charge in [0, 0.05) is 12.3 Å². The number of aromatic nitrogens is 1. The second kappa shape index (κ2) is 3.22. The molecule has 0 atom stereocenters. The third-order valence-electron chi connectivity index (χ3n) is 1.22. The summed E-state index contributed by atoms with van der Waals surface area (Å²) in [5, 5.41) is 8.74. The highest BCUT2D eigenvalue weighted by Crippen LogP contribution is 2.11. The molecule has 0 amide bonds. The van der Waals surface area contributed by atoms with E-state index in [2.05, 4.69) is 4.98 Å². The largest absolute Gasteiger partial charge is 0.328 e. The summed E-state index contributed by atoms with van der Waals surface area (Å²) in [7, 11) is 0. The van der Waals surface area contributed by atoms with Crippen LogP contribution in [0.25, 0.3) is 0 Å². The van der Waals surface area contributed by atoms with Crippen LogP contribution in [0.15, 0.2) is 17.1 Å². The second-order valence-electron chi connectivity index (χ2n) is 2.01. The van der Waals surface area contributed by atoms with Gasteiger partial charge in [-0.1, -0.05) is 11.6 Å². The fraction of sp³-hybridized carbons (Fsp3) is 0.143.